The summed E-state index contributed by atoms with van der Waals surface area (Å²) in [4.78, 5) is 22.6. The number of ketones is 1. The quantitative estimate of drug-likeness (QED) is 0.847. The minimum atomic E-state index is -1.19. The maximum Gasteiger partial charge on any atom is 0.333 e. The smallest absolute Gasteiger partial charge is 0.333 e. The van der Waals surface area contributed by atoms with Crippen molar-refractivity contribution in [3.05, 3.63) is 33.3 Å². The molecule has 1 N–H and O–H groups in total. The Morgan fingerprint density at radius 2 is 1.83 bits per heavy atom. The maximum atomic E-state index is 11.9. The fourth-order valence-corrected chi connectivity index (χ4v) is 1.85. The lowest BCUT2D eigenvalue weighted by Gasteiger charge is -2.10. The molecule has 0 aromatic heterocycles. The van der Waals surface area contributed by atoms with Gasteiger partial charge < -0.3 is 9.84 Å². The van der Waals surface area contributed by atoms with Crippen molar-refractivity contribution < 1.29 is 19.4 Å². The molecule has 0 saturated heterocycles. The van der Waals surface area contributed by atoms with Gasteiger partial charge in [0.05, 0.1) is 0 Å². The number of Topliss-reactive ketones (excluding diaryl/α,β-unsaturated/α-hetero) is 1. The molecule has 0 radical (unpaired) electrons. The van der Waals surface area contributed by atoms with Crippen LogP contribution >= 0.6 is 23.2 Å². The fourth-order valence-electron chi connectivity index (χ4n) is 1.36. The molecule has 98 valence electrons. The number of methoxy groups -OCH3 is 1. The summed E-state index contributed by atoms with van der Waals surface area (Å²) in [7, 11) is 1.24. The first-order chi connectivity index (χ1) is 8.36. The Bertz CT molecular complexity index is 462. The van der Waals surface area contributed by atoms with Crippen molar-refractivity contribution in [2.75, 3.05) is 7.11 Å². The molecule has 0 saturated carbocycles. The van der Waals surface area contributed by atoms with E-state index in [1.54, 1.807) is 6.92 Å². The van der Waals surface area contributed by atoms with Gasteiger partial charge >= 0.3 is 5.97 Å². The van der Waals surface area contributed by atoms with Crippen molar-refractivity contribution in [2.24, 2.45) is 0 Å². The van der Waals surface area contributed by atoms with Crippen LogP contribution in [-0.2, 0) is 9.53 Å². The summed E-state index contributed by atoms with van der Waals surface area (Å²) < 4.78 is 4.70. The molecule has 0 spiro atoms. The zero-order chi connectivity index (χ0) is 13.9. The van der Waals surface area contributed by atoms with Gasteiger partial charge in [-0.25, -0.2) is 4.79 Å². The zero-order valence-corrected chi connectivity index (χ0v) is 11.4. The van der Waals surface area contributed by atoms with Gasteiger partial charge in [0, 0.05) is 29.1 Å². The van der Waals surface area contributed by atoms with E-state index < -0.39 is 12.1 Å². The van der Waals surface area contributed by atoms with Gasteiger partial charge in [0.2, 0.25) is 0 Å². The largest absolute Gasteiger partial charge is 0.479 e. The Labute approximate surface area is 114 Å². The van der Waals surface area contributed by atoms with Crippen molar-refractivity contribution in [1.29, 1.82) is 0 Å². The highest BCUT2D eigenvalue weighted by Gasteiger charge is 2.22. The third-order valence-electron chi connectivity index (χ3n) is 2.53. The van der Waals surface area contributed by atoms with E-state index in [4.69, 9.17) is 33.0 Å². The van der Waals surface area contributed by atoms with Crippen LogP contribution in [0.15, 0.2) is 12.1 Å². The number of aliphatic carboxylic acids is 1. The van der Waals surface area contributed by atoms with Crippen molar-refractivity contribution >= 4 is 35.0 Å². The number of halogens is 2. The SMILES string of the molecule is COC(CC(=O)c1cc(Cl)c(C)c(Cl)c1)C(=O)O. The van der Waals surface area contributed by atoms with Crippen LogP contribution in [0.4, 0.5) is 0 Å². The van der Waals surface area contributed by atoms with E-state index in [1.807, 2.05) is 0 Å². The van der Waals surface area contributed by atoms with Crippen LogP contribution in [0.3, 0.4) is 0 Å². The summed E-state index contributed by atoms with van der Waals surface area (Å²) in [5.74, 6) is -1.57. The lowest BCUT2D eigenvalue weighted by Crippen LogP contribution is -2.25. The molecule has 4 nitrogen and oxygen atoms in total. The van der Waals surface area contributed by atoms with Crippen LogP contribution in [0.25, 0.3) is 0 Å². The van der Waals surface area contributed by atoms with E-state index in [2.05, 4.69) is 0 Å². The van der Waals surface area contributed by atoms with Gasteiger partial charge in [0.15, 0.2) is 11.9 Å². The molecular weight excluding hydrogens is 279 g/mol. The van der Waals surface area contributed by atoms with Gasteiger partial charge in [-0.2, -0.15) is 0 Å². The Hall–Kier alpha value is -1.10. The Morgan fingerprint density at radius 3 is 2.22 bits per heavy atom. The first-order valence-corrected chi connectivity index (χ1v) is 5.86. The van der Waals surface area contributed by atoms with E-state index in [0.29, 0.717) is 15.6 Å². The summed E-state index contributed by atoms with van der Waals surface area (Å²) in [5, 5.41) is 9.53. The van der Waals surface area contributed by atoms with Gasteiger partial charge in [-0.3, -0.25) is 4.79 Å². The van der Waals surface area contributed by atoms with Crippen LogP contribution in [-0.4, -0.2) is 30.1 Å². The zero-order valence-electron chi connectivity index (χ0n) is 9.87. The first-order valence-electron chi connectivity index (χ1n) is 5.11. The second-order valence-electron chi connectivity index (χ2n) is 3.75. The van der Waals surface area contributed by atoms with Crippen LogP contribution in [0.2, 0.25) is 10.0 Å². The molecule has 1 aromatic rings. The van der Waals surface area contributed by atoms with E-state index in [0.717, 1.165) is 0 Å². The predicted octanol–water partition coefficient (Wildman–Crippen LogP) is 2.97. The molecular formula is C12H12Cl2O4. The molecule has 1 rings (SSSR count). The van der Waals surface area contributed by atoms with Crippen molar-refractivity contribution in [2.45, 2.75) is 19.4 Å². The molecule has 18 heavy (non-hydrogen) atoms. The van der Waals surface area contributed by atoms with Gasteiger partial charge in [0.25, 0.3) is 0 Å². The van der Waals surface area contributed by atoms with Gasteiger partial charge in [-0.1, -0.05) is 23.2 Å². The van der Waals surface area contributed by atoms with Gasteiger partial charge in [-0.15, -0.1) is 0 Å². The fraction of sp³-hybridized carbons (Fsp3) is 0.333. The van der Waals surface area contributed by atoms with Crippen molar-refractivity contribution in [3.63, 3.8) is 0 Å². The van der Waals surface area contributed by atoms with Gasteiger partial charge in [-0.05, 0) is 24.6 Å². The number of carboxylic acid groups (broad SMARTS) is 1. The van der Waals surface area contributed by atoms with Crippen LogP contribution in [0, 0.1) is 6.92 Å². The third kappa shape index (κ3) is 3.45. The van der Waals surface area contributed by atoms with Crippen molar-refractivity contribution in [3.8, 4) is 0 Å². The number of carbonyl (C=O) groups excluding carboxylic acids is 1. The first kappa shape index (κ1) is 15.0. The van der Waals surface area contributed by atoms with E-state index in [1.165, 1.54) is 19.2 Å². The second kappa shape index (κ2) is 6.18. The number of hydrogen-bond donors (Lipinski definition) is 1. The van der Waals surface area contributed by atoms with Crippen LogP contribution in [0.1, 0.15) is 22.3 Å². The lowest BCUT2D eigenvalue weighted by atomic mass is 10.0. The normalized spacial score (nSPS) is 12.2. The predicted molar refractivity (Wildman–Crippen MR) is 68.6 cm³/mol. The molecule has 0 aliphatic heterocycles. The van der Waals surface area contributed by atoms with Crippen LogP contribution in [0.5, 0.6) is 0 Å². The standard InChI is InChI=1S/C12H12Cl2O4/c1-6-8(13)3-7(4-9(6)14)10(15)5-11(18-2)12(16)17/h3-4,11H,5H2,1-2H3,(H,16,17). The summed E-state index contributed by atoms with van der Waals surface area (Å²) in [5.41, 5.74) is 0.954. The lowest BCUT2D eigenvalue weighted by molar-refractivity contribution is -0.148. The number of carboxylic acids is 1. The molecule has 0 amide bonds. The highest BCUT2D eigenvalue weighted by Crippen LogP contribution is 2.26. The van der Waals surface area contributed by atoms with E-state index in [9.17, 15) is 9.59 Å². The minimum Gasteiger partial charge on any atom is -0.479 e. The Kier molecular flexibility index (Phi) is 5.14. The van der Waals surface area contributed by atoms with Crippen molar-refractivity contribution in [1.82, 2.24) is 0 Å². The number of hydrogen-bond acceptors (Lipinski definition) is 3. The summed E-state index contributed by atoms with van der Waals surface area (Å²) in [6.07, 6.45) is -1.43. The van der Waals surface area contributed by atoms with E-state index in [-0.39, 0.29) is 17.8 Å². The average Bonchev–Trinajstić information content (AvgIpc) is 2.31. The molecule has 0 fully saturated rings. The number of ether oxygens (including phenoxy) is 1. The number of carbonyl (C=O) groups is 2. The summed E-state index contributed by atoms with van der Waals surface area (Å²) in [6, 6.07) is 2.94. The molecule has 1 aromatic carbocycles. The average molecular weight is 291 g/mol. The number of benzene rings is 1. The van der Waals surface area contributed by atoms with E-state index >= 15 is 0 Å². The molecule has 1 unspecified atom stereocenters. The highest BCUT2D eigenvalue weighted by atomic mass is 35.5. The Morgan fingerprint density at radius 1 is 1.33 bits per heavy atom. The molecule has 0 bridgehead atoms. The Balaban J connectivity index is 2.94. The second-order valence-corrected chi connectivity index (χ2v) is 4.57. The summed E-state index contributed by atoms with van der Waals surface area (Å²) in [6.45, 7) is 1.73. The third-order valence-corrected chi connectivity index (χ3v) is 3.32. The number of rotatable bonds is 5. The van der Waals surface area contributed by atoms with Gasteiger partial charge in [0.1, 0.15) is 0 Å². The maximum absolute atomic E-state index is 11.9. The monoisotopic (exact) mass is 290 g/mol. The van der Waals surface area contributed by atoms with Crippen LogP contribution < -0.4 is 0 Å². The molecule has 1 atom stereocenters. The minimum absolute atomic E-state index is 0.262. The topological polar surface area (TPSA) is 63.6 Å². The molecule has 0 heterocycles. The molecule has 0 aliphatic carbocycles. The molecule has 0 aliphatic rings. The summed E-state index contributed by atoms with van der Waals surface area (Å²) >= 11 is 11.8. The highest BCUT2D eigenvalue weighted by molar-refractivity contribution is 6.36. The molecule has 6 heteroatoms.